The van der Waals surface area contributed by atoms with Crippen LogP contribution in [0.15, 0.2) is 42.5 Å². The SMILES string of the molecule is COc1ccc(C(=O)N2CCC([C@H](NC(=O)c3ccc4c(c3)OCO4)C(=O)N3CCOCC3)CC2)cc1. The molecule has 5 rings (SSSR count). The zero-order valence-corrected chi connectivity index (χ0v) is 20.8. The van der Waals surface area contributed by atoms with Crippen LogP contribution in [-0.2, 0) is 9.53 Å². The first-order valence-corrected chi connectivity index (χ1v) is 12.5. The highest BCUT2D eigenvalue weighted by molar-refractivity contribution is 5.98. The van der Waals surface area contributed by atoms with Crippen LogP contribution < -0.4 is 19.5 Å². The molecule has 2 fully saturated rings. The molecule has 0 bridgehead atoms. The second kappa shape index (κ2) is 11.1. The second-order valence-corrected chi connectivity index (χ2v) is 9.31. The van der Waals surface area contributed by atoms with Crippen molar-refractivity contribution in [3.05, 3.63) is 53.6 Å². The molecule has 10 nitrogen and oxygen atoms in total. The van der Waals surface area contributed by atoms with Gasteiger partial charge >= 0.3 is 0 Å². The van der Waals surface area contributed by atoms with Gasteiger partial charge in [0.1, 0.15) is 11.8 Å². The molecule has 0 spiro atoms. The van der Waals surface area contributed by atoms with Gasteiger partial charge in [0.25, 0.3) is 11.8 Å². The molecule has 2 aromatic carbocycles. The molecule has 3 heterocycles. The standard InChI is InChI=1S/C27H31N3O7/c1-34-21-5-2-19(3-6-21)26(32)29-10-8-18(9-11-29)24(27(33)30-12-14-35-15-13-30)28-25(31)20-4-7-22-23(16-20)37-17-36-22/h2-7,16,18,24H,8-15,17H2,1H3,(H,28,31)/t24-/m0/s1. The Labute approximate surface area is 215 Å². The topological polar surface area (TPSA) is 107 Å². The van der Waals surface area contributed by atoms with Crippen LogP contribution in [0.1, 0.15) is 33.6 Å². The van der Waals surface area contributed by atoms with E-state index in [-0.39, 0.29) is 30.4 Å². The summed E-state index contributed by atoms with van der Waals surface area (Å²) in [7, 11) is 1.58. The molecule has 1 N–H and O–H groups in total. The molecule has 0 radical (unpaired) electrons. The molecular weight excluding hydrogens is 478 g/mol. The fourth-order valence-electron chi connectivity index (χ4n) is 4.98. The Balaban J connectivity index is 1.28. The molecule has 3 amide bonds. The summed E-state index contributed by atoms with van der Waals surface area (Å²) >= 11 is 0. The quantitative estimate of drug-likeness (QED) is 0.634. The van der Waals surface area contributed by atoms with Gasteiger partial charge in [-0.15, -0.1) is 0 Å². The Morgan fingerprint density at radius 1 is 0.892 bits per heavy atom. The molecule has 0 aromatic heterocycles. The normalized spacial score (nSPS) is 18.3. The largest absolute Gasteiger partial charge is 0.497 e. The van der Waals surface area contributed by atoms with E-state index in [1.54, 1.807) is 59.4 Å². The molecule has 196 valence electrons. The Hall–Kier alpha value is -3.79. The first kappa shape index (κ1) is 24.9. The monoisotopic (exact) mass is 509 g/mol. The van der Waals surface area contributed by atoms with Crippen molar-refractivity contribution in [1.82, 2.24) is 15.1 Å². The highest BCUT2D eigenvalue weighted by Gasteiger charge is 2.37. The maximum absolute atomic E-state index is 13.6. The highest BCUT2D eigenvalue weighted by atomic mass is 16.7. The number of carbonyl (C=O) groups is 3. The van der Waals surface area contributed by atoms with Gasteiger partial charge in [-0.1, -0.05) is 0 Å². The van der Waals surface area contributed by atoms with E-state index in [0.717, 1.165) is 0 Å². The molecule has 3 aliphatic heterocycles. The first-order valence-electron chi connectivity index (χ1n) is 12.5. The lowest BCUT2D eigenvalue weighted by Gasteiger charge is -2.38. The number of hydrogen-bond acceptors (Lipinski definition) is 7. The molecule has 2 aromatic rings. The minimum atomic E-state index is -0.700. The van der Waals surface area contributed by atoms with Crippen molar-refractivity contribution in [3.63, 3.8) is 0 Å². The maximum atomic E-state index is 13.6. The van der Waals surface area contributed by atoms with E-state index in [0.29, 0.717) is 80.6 Å². The average Bonchev–Trinajstić information content (AvgIpc) is 3.44. The smallest absolute Gasteiger partial charge is 0.253 e. The molecule has 1 atom stereocenters. The van der Waals surface area contributed by atoms with Crippen LogP contribution in [0.5, 0.6) is 17.2 Å². The second-order valence-electron chi connectivity index (χ2n) is 9.31. The van der Waals surface area contributed by atoms with Gasteiger partial charge in [0, 0.05) is 37.3 Å². The summed E-state index contributed by atoms with van der Waals surface area (Å²) in [4.78, 5) is 43.4. The molecular formula is C27H31N3O7. The number of morpholine rings is 1. The number of hydrogen-bond donors (Lipinski definition) is 1. The zero-order valence-electron chi connectivity index (χ0n) is 20.8. The van der Waals surface area contributed by atoms with E-state index in [1.165, 1.54) is 0 Å². The van der Waals surface area contributed by atoms with Crippen LogP contribution in [0, 0.1) is 5.92 Å². The third kappa shape index (κ3) is 5.48. The van der Waals surface area contributed by atoms with E-state index in [9.17, 15) is 14.4 Å². The average molecular weight is 510 g/mol. The number of fused-ring (bicyclic) bond motifs is 1. The van der Waals surface area contributed by atoms with Gasteiger partial charge in [-0.2, -0.15) is 0 Å². The van der Waals surface area contributed by atoms with Crippen molar-refractivity contribution < 1.29 is 33.3 Å². The summed E-state index contributed by atoms with van der Waals surface area (Å²) in [5.41, 5.74) is 0.993. The van der Waals surface area contributed by atoms with Crippen LogP contribution in [0.4, 0.5) is 0 Å². The molecule has 10 heteroatoms. The minimum absolute atomic E-state index is 0.0541. The van der Waals surface area contributed by atoms with Gasteiger partial charge in [-0.05, 0) is 61.2 Å². The predicted octanol–water partition coefficient (Wildman–Crippen LogP) is 1.93. The number of nitrogens with zero attached hydrogens (tertiary/aromatic N) is 2. The Bertz CT molecular complexity index is 1140. The number of ether oxygens (including phenoxy) is 4. The number of carbonyl (C=O) groups excluding carboxylic acids is 3. The van der Waals surface area contributed by atoms with Crippen LogP contribution in [0.25, 0.3) is 0 Å². The maximum Gasteiger partial charge on any atom is 0.253 e. The predicted molar refractivity (Wildman–Crippen MR) is 133 cm³/mol. The molecule has 0 aliphatic carbocycles. The molecule has 0 saturated carbocycles. The van der Waals surface area contributed by atoms with Gasteiger partial charge in [0.05, 0.1) is 20.3 Å². The molecule has 3 aliphatic rings. The lowest BCUT2D eigenvalue weighted by Crippen LogP contribution is -2.56. The van der Waals surface area contributed by atoms with Crippen LogP contribution in [-0.4, -0.2) is 86.9 Å². The lowest BCUT2D eigenvalue weighted by molar-refractivity contribution is -0.139. The number of methoxy groups -OCH3 is 1. The fraction of sp³-hybridized carbons (Fsp3) is 0.444. The van der Waals surface area contributed by atoms with Crippen molar-refractivity contribution in [2.75, 3.05) is 53.3 Å². The van der Waals surface area contributed by atoms with Gasteiger partial charge in [0.15, 0.2) is 11.5 Å². The first-order chi connectivity index (χ1) is 18.0. The number of piperidine rings is 1. The number of amides is 3. The minimum Gasteiger partial charge on any atom is -0.497 e. The van der Waals surface area contributed by atoms with Crippen molar-refractivity contribution in [3.8, 4) is 17.2 Å². The van der Waals surface area contributed by atoms with E-state index in [4.69, 9.17) is 18.9 Å². The van der Waals surface area contributed by atoms with Crippen molar-refractivity contribution in [1.29, 1.82) is 0 Å². The van der Waals surface area contributed by atoms with Gasteiger partial charge in [-0.25, -0.2) is 0 Å². The van der Waals surface area contributed by atoms with Gasteiger partial charge < -0.3 is 34.1 Å². The summed E-state index contributed by atoms with van der Waals surface area (Å²) in [5.74, 6) is 1.17. The van der Waals surface area contributed by atoms with Crippen molar-refractivity contribution >= 4 is 17.7 Å². The van der Waals surface area contributed by atoms with Crippen LogP contribution >= 0.6 is 0 Å². The summed E-state index contributed by atoms with van der Waals surface area (Å²) in [6.45, 7) is 3.05. The highest BCUT2D eigenvalue weighted by Crippen LogP contribution is 2.33. The Morgan fingerprint density at radius 2 is 1.57 bits per heavy atom. The van der Waals surface area contributed by atoms with Crippen molar-refractivity contribution in [2.45, 2.75) is 18.9 Å². The van der Waals surface area contributed by atoms with E-state index < -0.39 is 6.04 Å². The Morgan fingerprint density at radius 3 is 2.27 bits per heavy atom. The summed E-state index contributed by atoms with van der Waals surface area (Å²) in [6.07, 6.45) is 1.20. The van der Waals surface area contributed by atoms with Crippen molar-refractivity contribution in [2.24, 2.45) is 5.92 Å². The third-order valence-corrected chi connectivity index (χ3v) is 7.15. The number of nitrogens with one attached hydrogen (secondary N) is 1. The summed E-state index contributed by atoms with van der Waals surface area (Å²) in [5, 5.41) is 3.00. The Kier molecular flexibility index (Phi) is 7.45. The lowest BCUT2D eigenvalue weighted by atomic mass is 9.87. The zero-order chi connectivity index (χ0) is 25.8. The van der Waals surface area contributed by atoms with E-state index in [1.807, 2.05) is 0 Å². The summed E-state index contributed by atoms with van der Waals surface area (Å²) in [6, 6.07) is 11.3. The molecule has 0 unspecified atom stereocenters. The molecule has 2 saturated heterocycles. The van der Waals surface area contributed by atoms with Crippen LogP contribution in [0.2, 0.25) is 0 Å². The van der Waals surface area contributed by atoms with Gasteiger partial charge in [0.2, 0.25) is 12.7 Å². The fourth-order valence-corrected chi connectivity index (χ4v) is 4.98. The summed E-state index contributed by atoms with van der Waals surface area (Å²) < 4.78 is 21.3. The molecule has 37 heavy (non-hydrogen) atoms. The number of rotatable bonds is 6. The third-order valence-electron chi connectivity index (χ3n) is 7.15. The van der Waals surface area contributed by atoms with Crippen LogP contribution in [0.3, 0.4) is 0 Å². The van der Waals surface area contributed by atoms with E-state index in [2.05, 4.69) is 5.32 Å². The van der Waals surface area contributed by atoms with E-state index >= 15 is 0 Å². The number of benzene rings is 2. The number of likely N-dealkylation sites (tertiary alicyclic amines) is 1. The van der Waals surface area contributed by atoms with Gasteiger partial charge in [-0.3, -0.25) is 14.4 Å².